The molecule has 2 unspecified atom stereocenters. The van der Waals surface area contributed by atoms with E-state index in [9.17, 15) is 19.5 Å². The Kier molecular flexibility index (Phi) is 8.09. The summed E-state index contributed by atoms with van der Waals surface area (Å²) in [5, 5.41) is 14.6. The summed E-state index contributed by atoms with van der Waals surface area (Å²) < 4.78 is 5.53. The predicted octanol–water partition coefficient (Wildman–Crippen LogP) is 4.17. The third-order valence-electron chi connectivity index (χ3n) is 6.15. The second-order valence-electron chi connectivity index (χ2n) is 8.90. The van der Waals surface area contributed by atoms with E-state index in [4.69, 9.17) is 4.74 Å². The van der Waals surface area contributed by atoms with Crippen molar-refractivity contribution in [3.63, 3.8) is 0 Å². The van der Waals surface area contributed by atoms with Gasteiger partial charge >= 0.3 is 12.1 Å². The average molecular weight is 453 g/mol. The predicted molar refractivity (Wildman–Crippen MR) is 126 cm³/mol. The Morgan fingerprint density at radius 2 is 1.55 bits per heavy atom. The molecule has 0 fully saturated rings. The summed E-state index contributed by atoms with van der Waals surface area (Å²) in [6.45, 7) is 5.76. The highest BCUT2D eigenvalue weighted by molar-refractivity contribution is 5.79. The molecule has 1 aliphatic rings. The SMILES string of the molecule is CC(CCC(=O)NCC(C(=O)O)C(C)C)NC(=O)OCC1c2ccccc2-c2ccccc21. The van der Waals surface area contributed by atoms with E-state index >= 15 is 0 Å². The average Bonchev–Trinajstić information content (AvgIpc) is 3.10. The quantitative estimate of drug-likeness (QED) is 0.502. The van der Waals surface area contributed by atoms with Crippen LogP contribution in [0.2, 0.25) is 0 Å². The molecule has 0 saturated heterocycles. The third-order valence-corrected chi connectivity index (χ3v) is 6.15. The van der Waals surface area contributed by atoms with E-state index in [1.54, 1.807) is 0 Å². The number of ether oxygens (including phenoxy) is 1. The van der Waals surface area contributed by atoms with Crippen LogP contribution < -0.4 is 10.6 Å². The van der Waals surface area contributed by atoms with Crippen LogP contribution in [-0.4, -0.2) is 42.3 Å². The molecule has 3 rings (SSSR count). The van der Waals surface area contributed by atoms with Crippen molar-refractivity contribution in [2.45, 2.75) is 45.6 Å². The van der Waals surface area contributed by atoms with Gasteiger partial charge in [0.1, 0.15) is 6.61 Å². The fourth-order valence-corrected chi connectivity index (χ4v) is 4.18. The van der Waals surface area contributed by atoms with Crippen molar-refractivity contribution >= 4 is 18.0 Å². The Hall–Kier alpha value is -3.35. The number of nitrogens with one attached hydrogen (secondary N) is 2. The lowest BCUT2D eigenvalue weighted by Gasteiger charge is -2.18. The van der Waals surface area contributed by atoms with Crippen molar-refractivity contribution in [1.82, 2.24) is 10.6 Å². The Bertz CT molecular complexity index is 958. The number of rotatable bonds is 10. The molecule has 0 saturated carbocycles. The van der Waals surface area contributed by atoms with Gasteiger partial charge in [0.15, 0.2) is 0 Å². The fourth-order valence-electron chi connectivity index (χ4n) is 4.18. The standard InChI is InChI=1S/C26H32N2O5/c1-16(2)22(25(30)31)14-27-24(29)13-12-17(3)28-26(32)33-15-23-20-10-6-4-8-18(20)19-9-5-7-11-21(19)23/h4-11,16-17,22-23H,12-15H2,1-3H3,(H,27,29)(H,28,32)(H,30,31). The highest BCUT2D eigenvalue weighted by Crippen LogP contribution is 2.44. The number of hydrogen-bond acceptors (Lipinski definition) is 4. The number of benzene rings is 2. The Morgan fingerprint density at radius 1 is 0.970 bits per heavy atom. The minimum Gasteiger partial charge on any atom is -0.481 e. The van der Waals surface area contributed by atoms with Crippen LogP contribution >= 0.6 is 0 Å². The maximum Gasteiger partial charge on any atom is 0.407 e. The van der Waals surface area contributed by atoms with Gasteiger partial charge in [-0.1, -0.05) is 62.4 Å². The first-order valence-electron chi connectivity index (χ1n) is 11.4. The van der Waals surface area contributed by atoms with Crippen molar-refractivity contribution < 1.29 is 24.2 Å². The first-order chi connectivity index (χ1) is 15.8. The Balaban J connectivity index is 1.44. The highest BCUT2D eigenvalue weighted by atomic mass is 16.5. The monoisotopic (exact) mass is 452 g/mol. The van der Waals surface area contributed by atoms with Gasteiger partial charge in [0.2, 0.25) is 5.91 Å². The number of alkyl carbamates (subject to hydrolysis) is 1. The summed E-state index contributed by atoms with van der Waals surface area (Å²) >= 11 is 0. The molecule has 2 aromatic carbocycles. The van der Waals surface area contributed by atoms with Crippen LogP contribution in [0.25, 0.3) is 11.1 Å². The number of fused-ring (bicyclic) bond motifs is 3. The number of carbonyl (C=O) groups is 3. The van der Waals surface area contributed by atoms with Crippen molar-refractivity contribution in [2.75, 3.05) is 13.2 Å². The topological polar surface area (TPSA) is 105 Å². The number of carbonyl (C=O) groups excluding carboxylic acids is 2. The largest absolute Gasteiger partial charge is 0.481 e. The van der Waals surface area contributed by atoms with Crippen molar-refractivity contribution in [1.29, 1.82) is 0 Å². The zero-order chi connectivity index (χ0) is 24.0. The highest BCUT2D eigenvalue weighted by Gasteiger charge is 2.29. The van der Waals surface area contributed by atoms with Gasteiger partial charge in [0.05, 0.1) is 5.92 Å². The molecule has 2 aromatic rings. The molecular formula is C26H32N2O5. The van der Waals surface area contributed by atoms with Crippen LogP contribution in [-0.2, 0) is 14.3 Å². The molecular weight excluding hydrogens is 420 g/mol. The number of amides is 2. The van der Waals surface area contributed by atoms with E-state index in [2.05, 4.69) is 34.9 Å². The van der Waals surface area contributed by atoms with E-state index in [0.717, 1.165) is 11.1 Å². The van der Waals surface area contributed by atoms with E-state index in [0.29, 0.717) is 6.42 Å². The molecule has 0 aromatic heterocycles. The maximum absolute atomic E-state index is 12.3. The Morgan fingerprint density at radius 3 is 2.09 bits per heavy atom. The van der Waals surface area contributed by atoms with Gasteiger partial charge in [0, 0.05) is 24.9 Å². The number of hydrogen-bond donors (Lipinski definition) is 3. The second kappa shape index (κ2) is 11.0. The van der Waals surface area contributed by atoms with Gasteiger partial charge in [0.25, 0.3) is 0 Å². The van der Waals surface area contributed by atoms with Gasteiger partial charge < -0.3 is 20.5 Å². The van der Waals surface area contributed by atoms with E-state index in [-0.39, 0.29) is 43.4 Å². The van der Waals surface area contributed by atoms with Crippen LogP contribution in [0.15, 0.2) is 48.5 Å². The van der Waals surface area contributed by atoms with E-state index in [1.165, 1.54) is 11.1 Å². The Labute approximate surface area is 194 Å². The summed E-state index contributed by atoms with van der Waals surface area (Å²) in [6.07, 6.45) is 0.0977. The molecule has 176 valence electrons. The normalized spacial score (nSPS) is 14.2. The molecule has 2 amide bonds. The lowest BCUT2D eigenvalue weighted by atomic mass is 9.96. The zero-order valence-corrected chi connectivity index (χ0v) is 19.3. The van der Waals surface area contributed by atoms with E-state index in [1.807, 2.05) is 45.0 Å². The van der Waals surface area contributed by atoms with Gasteiger partial charge in [-0.25, -0.2) is 4.79 Å². The van der Waals surface area contributed by atoms with Gasteiger partial charge in [-0.05, 0) is 41.5 Å². The minimum absolute atomic E-state index is 0.00706. The van der Waals surface area contributed by atoms with Gasteiger partial charge in [-0.15, -0.1) is 0 Å². The fraction of sp³-hybridized carbons (Fsp3) is 0.423. The smallest absolute Gasteiger partial charge is 0.407 e. The van der Waals surface area contributed by atoms with Gasteiger partial charge in [-0.3, -0.25) is 9.59 Å². The first-order valence-corrected chi connectivity index (χ1v) is 11.4. The summed E-state index contributed by atoms with van der Waals surface area (Å²) in [5.41, 5.74) is 4.64. The molecule has 0 heterocycles. The lowest BCUT2D eigenvalue weighted by Crippen LogP contribution is -2.37. The summed E-state index contributed by atoms with van der Waals surface area (Å²) in [6, 6.07) is 16.0. The van der Waals surface area contributed by atoms with Crippen molar-refractivity contribution in [2.24, 2.45) is 11.8 Å². The van der Waals surface area contributed by atoms with Crippen LogP contribution in [0.4, 0.5) is 4.79 Å². The van der Waals surface area contributed by atoms with Crippen molar-refractivity contribution in [3.8, 4) is 11.1 Å². The lowest BCUT2D eigenvalue weighted by molar-refractivity contribution is -0.143. The molecule has 0 aliphatic heterocycles. The summed E-state index contributed by atoms with van der Waals surface area (Å²) in [4.78, 5) is 35.6. The third kappa shape index (κ3) is 6.12. The molecule has 7 heteroatoms. The maximum atomic E-state index is 12.3. The molecule has 3 N–H and O–H groups in total. The first kappa shape index (κ1) is 24.3. The van der Waals surface area contributed by atoms with Crippen LogP contribution in [0, 0.1) is 11.8 Å². The van der Waals surface area contributed by atoms with Crippen molar-refractivity contribution in [3.05, 3.63) is 59.7 Å². The van der Waals surface area contributed by atoms with Crippen LogP contribution in [0.5, 0.6) is 0 Å². The molecule has 2 atom stereocenters. The number of carboxylic acids is 1. The summed E-state index contributed by atoms with van der Waals surface area (Å²) in [7, 11) is 0. The van der Waals surface area contributed by atoms with E-state index < -0.39 is 18.0 Å². The van der Waals surface area contributed by atoms with Crippen LogP contribution in [0.1, 0.15) is 50.7 Å². The van der Waals surface area contributed by atoms with Crippen LogP contribution in [0.3, 0.4) is 0 Å². The summed E-state index contributed by atoms with van der Waals surface area (Å²) in [5.74, 6) is -1.85. The minimum atomic E-state index is -0.921. The molecule has 0 spiro atoms. The molecule has 0 bridgehead atoms. The molecule has 7 nitrogen and oxygen atoms in total. The molecule has 0 radical (unpaired) electrons. The van der Waals surface area contributed by atoms with Gasteiger partial charge in [-0.2, -0.15) is 0 Å². The molecule has 33 heavy (non-hydrogen) atoms. The number of aliphatic carboxylic acids is 1. The molecule has 1 aliphatic carbocycles. The number of carboxylic acid groups (broad SMARTS) is 1. The second-order valence-corrected chi connectivity index (χ2v) is 8.90. The zero-order valence-electron chi connectivity index (χ0n) is 19.3.